The standard InChI is InChI=1S/C19H15F3N4O2S/c1-11(27)24-12-5-6-15(14(8-12)19(20,21)22)26-17(28)9-13-10-29-18(25-13)16-4-2-3-7-23-16/h2-8,10H,9H2,1H3,(H,24,27)(H,26,28). The number of aromatic nitrogens is 2. The monoisotopic (exact) mass is 420 g/mol. The van der Waals surface area contributed by atoms with Crippen LogP contribution in [0.3, 0.4) is 0 Å². The van der Waals surface area contributed by atoms with Gasteiger partial charge in [0.2, 0.25) is 11.8 Å². The Morgan fingerprint density at radius 2 is 1.93 bits per heavy atom. The summed E-state index contributed by atoms with van der Waals surface area (Å²) >= 11 is 1.29. The van der Waals surface area contributed by atoms with Gasteiger partial charge in [0.15, 0.2) is 0 Å². The van der Waals surface area contributed by atoms with E-state index in [0.29, 0.717) is 16.4 Å². The van der Waals surface area contributed by atoms with E-state index in [4.69, 9.17) is 0 Å². The van der Waals surface area contributed by atoms with E-state index in [2.05, 4.69) is 20.6 Å². The van der Waals surface area contributed by atoms with E-state index in [-0.39, 0.29) is 12.1 Å². The Balaban J connectivity index is 1.75. The first-order valence-electron chi connectivity index (χ1n) is 8.37. The van der Waals surface area contributed by atoms with Crippen molar-refractivity contribution >= 4 is 34.5 Å². The quantitative estimate of drug-likeness (QED) is 0.642. The molecule has 0 aliphatic carbocycles. The number of anilines is 2. The van der Waals surface area contributed by atoms with Gasteiger partial charge < -0.3 is 10.6 Å². The lowest BCUT2D eigenvalue weighted by molar-refractivity contribution is -0.137. The van der Waals surface area contributed by atoms with Crippen LogP contribution >= 0.6 is 11.3 Å². The predicted octanol–water partition coefficient (Wildman–Crippen LogP) is 4.36. The fourth-order valence-corrected chi connectivity index (χ4v) is 3.32. The lowest BCUT2D eigenvalue weighted by Gasteiger charge is -2.15. The van der Waals surface area contributed by atoms with Crippen molar-refractivity contribution in [3.63, 3.8) is 0 Å². The molecule has 1 aromatic carbocycles. The van der Waals surface area contributed by atoms with Gasteiger partial charge in [-0.25, -0.2) is 4.98 Å². The molecule has 10 heteroatoms. The lowest BCUT2D eigenvalue weighted by Crippen LogP contribution is -2.19. The number of nitrogens with one attached hydrogen (secondary N) is 2. The second-order valence-electron chi connectivity index (χ2n) is 6.02. The molecule has 3 aromatic rings. The summed E-state index contributed by atoms with van der Waals surface area (Å²) in [6.45, 7) is 1.19. The summed E-state index contributed by atoms with van der Waals surface area (Å²) in [5.74, 6) is -1.14. The maximum atomic E-state index is 13.4. The summed E-state index contributed by atoms with van der Waals surface area (Å²) in [6.07, 6.45) is -3.27. The van der Waals surface area contributed by atoms with Crippen LogP contribution in [0.2, 0.25) is 0 Å². The zero-order chi connectivity index (χ0) is 21.0. The Hall–Kier alpha value is -3.27. The molecule has 0 aliphatic rings. The molecule has 2 N–H and O–H groups in total. The number of carbonyl (C=O) groups excluding carboxylic acids is 2. The van der Waals surface area contributed by atoms with Gasteiger partial charge in [-0.1, -0.05) is 6.07 Å². The highest BCUT2D eigenvalue weighted by Crippen LogP contribution is 2.36. The summed E-state index contributed by atoms with van der Waals surface area (Å²) < 4.78 is 40.1. The molecule has 2 aromatic heterocycles. The minimum atomic E-state index is -4.70. The second kappa shape index (κ2) is 8.39. The molecule has 0 aliphatic heterocycles. The van der Waals surface area contributed by atoms with E-state index in [1.165, 1.54) is 24.3 Å². The van der Waals surface area contributed by atoms with E-state index in [1.54, 1.807) is 29.8 Å². The number of carbonyl (C=O) groups is 2. The van der Waals surface area contributed by atoms with Gasteiger partial charge >= 0.3 is 6.18 Å². The normalized spacial score (nSPS) is 11.2. The molecule has 0 unspecified atom stereocenters. The zero-order valence-electron chi connectivity index (χ0n) is 15.1. The van der Waals surface area contributed by atoms with Gasteiger partial charge in [-0.05, 0) is 30.3 Å². The van der Waals surface area contributed by atoms with Gasteiger partial charge in [-0.3, -0.25) is 14.6 Å². The first kappa shape index (κ1) is 20.5. The van der Waals surface area contributed by atoms with Crippen molar-refractivity contribution < 1.29 is 22.8 Å². The van der Waals surface area contributed by atoms with Gasteiger partial charge in [-0.15, -0.1) is 11.3 Å². The molecule has 29 heavy (non-hydrogen) atoms. The molecule has 150 valence electrons. The number of rotatable bonds is 5. The highest BCUT2D eigenvalue weighted by Gasteiger charge is 2.34. The third kappa shape index (κ3) is 5.38. The molecule has 0 saturated heterocycles. The van der Waals surface area contributed by atoms with E-state index in [1.807, 2.05) is 0 Å². The van der Waals surface area contributed by atoms with E-state index >= 15 is 0 Å². The fraction of sp³-hybridized carbons (Fsp3) is 0.158. The van der Waals surface area contributed by atoms with Crippen LogP contribution in [0.5, 0.6) is 0 Å². The Kier molecular flexibility index (Phi) is 5.92. The lowest BCUT2D eigenvalue weighted by atomic mass is 10.1. The van der Waals surface area contributed by atoms with Gasteiger partial charge in [0.1, 0.15) is 5.01 Å². The molecule has 3 rings (SSSR count). The number of halogens is 3. The molecule has 2 amide bonds. The van der Waals surface area contributed by atoms with Crippen LogP contribution < -0.4 is 10.6 Å². The molecule has 0 saturated carbocycles. The summed E-state index contributed by atoms with van der Waals surface area (Å²) in [4.78, 5) is 31.8. The van der Waals surface area contributed by atoms with Crippen molar-refractivity contribution in [1.82, 2.24) is 9.97 Å². The van der Waals surface area contributed by atoms with E-state index < -0.39 is 29.2 Å². The van der Waals surface area contributed by atoms with Crippen LogP contribution in [0.4, 0.5) is 24.5 Å². The van der Waals surface area contributed by atoms with Crippen molar-refractivity contribution in [3.8, 4) is 10.7 Å². The topological polar surface area (TPSA) is 84.0 Å². The average Bonchev–Trinajstić information content (AvgIpc) is 3.11. The molecule has 6 nitrogen and oxygen atoms in total. The molecule has 2 heterocycles. The minimum Gasteiger partial charge on any atom is -0.326 e. The number of hydrogen-bond donors (Lipinski definition) is 2. The maximum absolute atomic E-state index is 13.4. The van der Waals surface area contributed by atoms with E-state index in [9.17, 15) is 22.8 Å². The molecule has 0 atom stereocenters. The second-order valence-corrected chi connectivity index (χ2v) is 6.88. The third-order valence-electron chi connectivity index (χ3n) is 3.70. The highest BCUT2D eigenvalue weighted by atomic mass is 32.1. The number of thiazole rings is 1. The number of hydrogen-bond acceptors (Lipinski definition) is 5. The molecule has 0 spiro atoms. The van der Waals surface area contributed by atoms with Crippen molar-refractivity contribution in [1.29, 1.82) is 0 Å². The molecule has 0 radical (unpaired) electrons. The Morgan fingerprint density at radius 3 is 2.59 bits per heavy atom. The van der Waals surface area contributed by atoms with Gasteiger partial charge in [0.05, 0.1) is 29.1 Å². The number of alkyl halides is 3. The summed E-state index contributed by atoms with van der Waals surface area (Å²) in [5.41, 5.74) is -0.377. The first-order chi connectivity index (χ1) is 13.7. The number of nitrogens with zero attached hydrogens (tertiary/aromatic N) is 2. The Morgan fingerprint density at radius 1 is 1.14 bits per heavy atom. The maximum Gasteiger partial charge on any atom is 0.418 e. The van der Waals surface area contributed by atoms with Gasteiger partial charge in [0.25, 0.3) is 0 Å². The molecule has 0 bridgehead atoms. The largest absolute Gasteiger partial charge is 0.418 e. The van der Waals surface area contributed by atoms with E-state index in [0.717, 1.165) is 12.1 Å². The van der Waals surface area contributed by atoms with Crippen molar-refractivity contribution in [3.05, 3.63) is 59.2 Å². The van der Waals surface area contributed by atoms with Crippen LogP contribution in [-0.4, -0.2) is 21.8 Å². The van der Waals surface area contributed by atoms with Crippen LogP contribution in [-0.2, 0) is 22.2 Å². The minimum absolute atomic E-state index is 0.0117. The van der Waals surface area contributed by atoms with Crippen molar-refractivity contribution in [2.24, 2.45) is 0 Å². The highest BCUT2D eigenvalue weighted by molar-refractivity contribution is 7.13. The van der Waals surface area contributed by atoms with Crippen molar-refractivity contribution in [2.75, 3.05) is 10.6 Å². The smallest absolute Gasteiger partial charge is 0.326 e. The average molecular weight is 420 g/mol. The van der Waals surface area contributed by atoms with Crippen molar-refractivity contribution in [2.45, 2.75) is 19.5 Å². The van der Waals surface area contributed by atoms with Crippen LogP contribution in [0.25, 0.3) is 10.7 Å². The number of amides is 2. The first-order valence-corrected chi connectivity index (χ1v) is 9.25. The summed E-state index contributed by atoms with van der Waals surface area (Å²) in [6, 6.07) is 8.51. The van der Waals surface area contributed by atoms with Crippen LogP contribution in [0, 0.1) is 0 Å². The number of pyridine rings is 1. The third-order valence-corrected chi connectivity index (χ3v) is 4.61. The fourth-order valence-electron chi connectivity index (χ4n) is 2.52. The van der Waals surface area contributed by atoms with Gasteiger partial charge in [-0.2, -0.15) is 13.2 Å². The SMILES string of the molecule is CC(=O)Nc1ccc(NC(=O)Cc2csc(-c3ccccn3)n2)c(C(F)(F)F)c1. The van der Waals surface area contributed by atoms with Crippen LogP contribution in [0.15, 0.2) is 48.0 Å². The Bertz CT molecular complexity index is 1040. The molecular weight excluding hydrogens is 405 g/mol. The zero-order valence-corrected chi connectivity index (χ0v) is 15.9. The summed E-state index contributed by atoms with van der Waals surface area (Å²) in [5, 5.41) is 6.84. The summed E-state index contributed by atoms with van der Waals surface area (Å²) in [7, 11) is 0. The number of benzene rings is 1. The molecular formula is C19H15F3N4O2S. The Labute approximate surface area is 167 Å². The predicted molar refractivity (Wildman–Crippen MR) is 103 cm³/mol. The van der Waals surface area contributed by atoms with Crippen LogP contribution in [0.1, 0.15) is 18.2 Å². The molecule has 0 fully saturated rings. The van der Waals surface area contributed by atoms with Gasteiger partial charge in [0, 0.05) is 24.2 Å².